The molecule has 5 heteroatoms. The van der Waals surface area contributed by atoms with E-state index in [9.17, 15) is 4.79 Å². The van der Waals surface area contributed by atoms with Gasteiger partial charge in [0.1, 0.15) is 11.5 Å². The Kier molecular flexibility index (Phi) is 9.95. The number of fused-ring (bicyclic) bond motifs is 1. The number of aromatic nitrogens is 1. The molecule has 1 aromatic heterocycles. The van der Waals surface area contributed by atoms with Crippen molar-refractivity contribution in [2.75, 3.05) is 7.11 Å². The van der Waals surface area contributed by atoms with Gasteiger partial charge < -0.3 is 15.0 Å². The Labute approximate surface area is 234 Å². The SMILES string of the molecule is COc1ccc2c(c1)c(C(CC(=O)CC1CCC(N)CC1)c1cccc(C)c1)cn2CC1CCCCC1.Cl. The molecule has 0 bridgehead atoms. The molecule has 2 aliphatic carbocycles. The monoisotopic (exact) mass is 536 g/mol. The molecule has 38 heavy (non-hydrogen) atoms. The van der Waals surface area contributed by atoms with Crippen LogP contribution in [-0.2, 0) is 11.3 Å². The summed E-state index contributed by atoms with van der Waals surface area (Å²) < 4.78 is 8.11. The lowest BCUT2D eigenvalue weighted by molar-refractivity contribution is -0.120. The van der Waals surface area contributed by atoms with Gasteiger partial charge in [-0.25, -0.2) is 0 Å². The summed E-state index contributed by atoms with van der Waals surface area (Å²) in [6.45, 7) is 3.20. The van der Waals surface area contributed by atoms with Gasteiger partial charge >= 0.3 is 0 Å². The minimum Gasteiger partial charge on any atom is -0.497 e. The van der Waals surface area contributed by atoms with Crippen molar-refractivity contribution >= 4 is 29.1 Å². The molecule has 0 saturated heterocycles. The zero-order chi connectivity index (χ0) is 25.8. The second kappa shape index (κ2) is 13.2. The van der Waals surface area contributed by atoms with Crippen molar-refractivity contribution in [1.82, 2.24) is 4.57 Å². The Morgan fingerprint density at radius 1 is 1.00 bits per heavy atom. The maximum atomic E-state index is 13.6. The average Bonchev–Trinajstić information content (AvgIpc) is 3.26. The van der Waals surface area contributed by atoms with Crippen LogP contribution in [0.25, 0.3) is 10.9 Å². The van der Waals surface area contributed by atoms with E-state index < -0.39 is 0 Å². The number of nitrogens with zero attached hydrogens (tertiary/aromatic N) is 1. The highest BCUT2D eigenvalue weighted by atomic mass is 35.5. The maximum Gasteiger partial charge on any atom is 0.134 e. The van der Waals surface area contributed by atoms with E-state index >= 15 is 0 Å². The fourth-order valence-electron chi connectivity index (χ4n) is 6.83. The van der Waals surface area contributed by atoms with Crippen molar-refractivity contribution in [2.24, 2.45) is 17.6 Å². The first-order valence-electron chi connectivity index (χ1n) is 14.5. The van der Waals surface area contributed by atoms with Crippen LogP contribution >= 0.6 is 12.4 Å². The largest absolute Gasteiger partial charge is 0.497 e. The van der Waals surface area contributed by atoms with Gasteiger partial charge in [-0.15, -0.1) is 12.4 Å². The molecule has 2 N–H and O–H groups in total. The summed E-state index contributed by atoms with van der Waals surface area (Å²) >= 11 is 0. The van der Waals surface area contributed by atoms with Crippen LogP contribution in [-0.4, -0.2) is 23.5 Å². The molecule has 1 heterocycles. The number of hydrogen-bond acceptors (Lipinski definition) is 3. The van der Waals surface area contributed by atoms with Gasteiger partial charge in [-0.3, -0.25) is 4.79 Å². The van der Waals surface area contributed by atoms with Crippen molar-refractivity contribution in [2.45, 2.75) is 96.1 Å². The average molecular weight is 537 g/mol. The smallest absolute Gasteiger partial charge is 0.134 e. The molecule has 0 spiro atoms. The van der Waals surface area contributed by atoms with Gasteiger partial charge in [0, 0.05) is 48.4 Å². The third-order valence-electron chi connectivity index (χ3n) is 8.96. The summed E-state index contributed by atoms with van der Waals surface area (Å²) in [6.07, 6.45) is 14.5. The van der Waals surface area contributed by atoms with E-state index in [1.54, 1.807) is 7.11 Å². The molecule has 2 aromatic carbocycles. The van der Waals surface area contributed by atoms with Crippen LogP contribution in [0.3, 0.4) is 0 Å². The van der Waals surface area contributed by atoms with E-state index in [-0.39, 0.29) is 18.3 Å². The molecule has 5 rings (SSSR count). The first-order valence-corrected chi connectivity index (χ1v) is 14.5. The number of carbonyl (C=O) groups excluding carboxylic acids is 1. The lowest BCUT2D eigenvalue weighted by Crippen LogP contribution is -2.27. The predicted molar refractivity (Wildman–Crippen MR) is 160 cm³/mol. The highest BCUT2D eigenvalue weighted by Gasteiger charge is 2.27. The topological polar surface area (TPSA) is 57.2 Å². The van der Waals surface area contributed by atoms with Gasteiger partial charge in [0.05, 0.1) is 7.11 Å². The van der Waals surface area contributed by atoms with E-state index in [1.165, 1.54) is 59.7 Å². The number of halogens is 1. The van der Waals surface area contributed by atoms with Crippen molar-refractivity contribution in [3.63, 3.8) is 0 Å². The molecule has 2 saturated carbocycles. The number of rotatable bonds is 9. The molecular formula is C33H45ClN2O2. The number of methoxy groups -OCH3 is 1. The summed E-state index contributed by atoms with van der Waals surface area (Å²) in [5, 5.41) is 1.22. The van der Waals surface area contributed by atoms with Crippen molar-refractivity contribution < 1.29 is 9.53 Å². The van der Waals surface area contributed by atoms with Crippen LogP contribution in [0.4, 0.5) is 0 Å². The van der Waals surface area contributed by atoms with Gasteiger partial charge in [-0.1, -0.05) is 49.1 Å². The summed E-state index contributed by atoms with van der Waals surface area (Å²) in [4.78, 5) is 13.6. The minimum absolute atomic E-state index is 0. The van der Waals surface area contributed by atoms with E-state index in [4.69, 9.17) is 10.5 Å². The fraction of sp³-hybridized carbons (Fsp3) is 0.545. The van der Waals surface area contributed by atoms with Crippen LogP contribution in [0.15, 0.2) is 48.7 Å². The normalized spacial score (nSPS) is 21.1. The van der Waals surface area contributed by atoms with Crippen LogP contribution in [0.1, 0.15) is 93.2 Å². The summed E-state index contributed by atoms with van der Waals surface area (Å²) in [7, 11) is 1.73. The second-order valence-corrected chi connectivity index (χ2v) is 11.8. The molecular weight excluding hydrogens is 492 g/mol. The quantitative estimate of drug-likeness (QED) is 0.302. The lowest BCUT2D eigenvalue weighted by atomic mass is 9.80. The highest BCUT2D eigenvalue weighted by molar-refractivity contribution is 5.88. The van der Waals surface area contributed by atoms with E-state index in [0.29, 0.717) is 30.6 Å². The van der Waals surface area contributed by atoms with Crippen molar-refractivity contribution in [1.29, 1.82) is 0 Å². The second-order valence-electron chi connectivity index (χ2n) is 11.8. The molecule has 1 unspecified atom stereocenters. The molecule has 2 fully saturated rings. The predicted octanol–water partition coefficient (Wildman–Crippen LogP) is 7.96. The van der Waals surface area contributed by atoms with Gasteiger partial charge in [-0.05, 0) is 86.6 Å². The molecule has 1 atom stereocenters. The van der Waals surface area contributed by atoms with Crippen LogP contribution in [0.5, 0.6) is 5.75 Å². The molecule has 0 radical (unpaired) electrons. The zero-order valence-corrected chi connectivity index (χ0v) is 24.0. The minimum atomic E-state index is 0. The summed E-state index contributed by atoms with van der Waals surface area (Å²) in [6, 6.07) is 15.5. The zero-order valence-electron chi connectivity index (χ0n) is 23.2. The van der Waals surface area contributed by atoms with Crippen LogP contribution < -0.4 is 10.5 Å². The number of ether oxygens (including phenoxy) is 1. The van der Waals surface area contributed by atoms with Gasteiger partial charge in [-0.2, -0.15) is 0 Å². The number of aryl methyl sites for hydroxylation is 1. The van der Waals surface area contributed by atoms with E-state index in [1.807, 2.05) is 0 Å². The third-order valence-corrected chi connectivity index (χ3v) is 8.96. The fourth-order valence-corrected chi connectivity index (χ4v) is 6.83. The number of ketones is 1. The van der Waals surface area contributed by atoms with E-state index in [0.717, 1.165) is 43.9 Å². The number of Topliss-reactive ketones (excluding diaryl/α,β-unsaturated/α-hetero) is 1. The molecule has 4 nitrogen and oxygen atoms in total. The Balaban J connectivity index is 0.00000336. The first-order chi connectivity index (χ1) is 18.0. The number of benzene rings is 2. The first kappa shape index (κ1) is 28.7. The standard InChI is InChI=1S/C33H44N2O2.ClH/c1-23-7-6-10-26(17-23)30(19-28(36)18-24-11-13-27(34)14-12-24)32-22-35(21-25-8-4-3-5-9-25)33-16-15-29(37-2)20-31(32)33;/h6-7,10,15-17,20,22,24-25,27,30H,3-5,8-9,11-14,18-19,21,34H2,1-2H3;1H. The van der Waals surface area contributed by atoms with Gasteiger partial charge in [0.15, 0.2) is 0 Å². The summed E-state index contributed by atoms with van der Waals surface area (Å²) in [5.74, 6) is 2.51. The highest BCUT2D eigenvalue weighted by Crippen LogP contribution is 2.39. The Hall–Kier alpha value is -2.30. The lowest BCUT2D eigenvalue weighted by Gasteiger charge is -2.26. The number of hydrogen-bond donors (Lipinski definition) is 1. The molecule has 3 aromatic rings. The third kappa shape index (κ3) is 6.82. The van der Waals surface area contributed by atoms with Crippen LogP contribution in [0, 0.1) is 18.8 Å². The Bertz CT molecular complexity index is 1200. The summed E-state index contributed by atoms with van der Waals surface area (Å²) in [5.41, 5.74) is 11.1. The Morgan fingerprint density at radius 2 is 1.76 bits per heavy atom. The maximum absolute atomic E-state index is 13.6. The van der Waals surface area contributed by atoms with Crippen molar-refractivity contribution in [3.8, 4) is 5.75 Å². The number of nitrogens with two attached hydrogens (primary N) is 1. The Morgan fingerprint density at radius 3 is 2.47 bits per heavy atom. The number of carbonyl (C=O) groups is 1. The molecule has 2 aliphatic rings. The van der Waals surface area contributed by atoms with Gasteiger partial charge in [0.25, 0.3) is 0 Å². The van der Waals surface area contributed by atoms with Gasteiger partial charge in [0.2, 0.25) is 0 Å². The molecule has 0 aliphatic heterocycles. The molecule has 0 amide bonds. The van der Waals surface area contributed by atoms with Crippen LogP contribution in [0.2, 0.25) is 0 Å². The van der Waals surface area contributed by atoms with E-state index in [2.05, 4.69) is 60.2 Å². The molecule has 206 valence electrons. The van der Waals surface area contributed by atoms with Crippen molar-refractivity contribution in [3.05, 3.63) is 65.4 Å².